The van der Waals surface area contributed by atoms with Gasteiger partial charge in [-0.1, -0.05) is 0 Å². The largest absolute Gasteiger partial charge is 0.508 e. The average Bonchev–Trinajstić information content (AvgIpc) is 3.21. The number of aromatic hydroxyl groups is 2. The van der Waals surface area contributed by atoms with Crippen LogP contribution in [0.15, 0.2) is 42.5 Å². The fraction of sp³-hybridized carbons (Fsp3) is 0.480. The predicted molar refractivity (Wildman–Crippen MR) is 127 cm³/mol. The molecular formula is C25H30O14. The second-order valence-corrected chi connectivity index (χ2v) is 9.11. The first-order valence-electron chi connectivity index (χ1n) is 11.9. The van der Waals surface area contributed by atoms with Gasteiger partial charge in [0.05, 0.1) is 25.9 Å². The normalized spacial score (nSPS) is 32.5. The molecule has 14 nitrogen and oxygen atoms in total. The number of benzene rings is 2. The maximum atomic E-state index is 12.3. The molecule has 2 aromatic rings. The number of esters is 1. The standard InChI is InChI=1S/C25H30O14/c1-34-16-8-14(6-7-15(16)28)37-23-20(19(30)18(29)17(9-26)38-23)39-24-21(31)25(33,11-36-24)10-35-22(32)12-2-4-13(27)5-3-12/h2-8,17-21,23-24,26-31,33H,9-11H2,1H3/t17-,18-,19+,20-,21+,23-,24+,25-/m1/s1. The van der Waals surface area contributed by atoms with E-state index in [9.17, 15) is 40.5 Å². The summed E-state index contributed by atoms with van der Waals surface area (Å²) in [6.45, 7) is -1.87. The van der Waals surface area contributed by atoms with Gasteiger partial charge in [-0.15, -0.1) is 0 Å². The molecule has 0 amide bonds. The third kappa shape index (κ3) is 6.18. The lowest BCUT2D eigenvalue weighted by Crippen LogP contribution is -2.62. The summed E-state index contributed by atoms with van der Waals surface area (Å²) in [5.41, 5.74) is -2.00. The first-order chi connectivity index (χ1) is 18.6. The van der Waals surface area contributed by atoms with Gasteiger partial charge in [0.1, 0.15) is 42.5 Å². The molecule has 2 saturated heterocycles. The maximum Gasteiger partial charge on any atom is 0.338 e. The highest BCUT2D eigenvalue weighted by molar-refractivity contribution is 5.89. The Morgan fingerprint density at radius 2 is 1.77 bits per heavy atom. The molecule has 7 N–H and O–H groups in total. The van der Waals surface area contributed by atoms with Gasteiger partial charge in [0, 0.05) is 6.07 Å². The van der Waals surface area contributed by atoms with E-state index in [0.29, 0.717) is 0 Å². The highest BCUT2D eigenvalue weighted by Crippen LogP contribution is 2.35. The van der Waals surface area contributed by atoms with Crippen molar-refractivity contribution in [3.8, 4) is 23.0 Å². The molecule has 39 heavy (non-hydrogen) atoms. The van der Waals surface area contributed by atoms with E-state index in [0.717, 1.165) is 0 Å². The topological polar surface area (TPSA) is 214 Å². The first-order valence-corrected chi connectivity index (χ1v) is 11.9. The lowest BCUT2D eigenvalue weighted by atomic mass is 9.98. The number of hydrogen-bond donors (Lipinski definition) is 7. The molecule has 0 spiro atoms. The molecule has 2 fully saturated rings. The van der Waals surface area contributed by atoms with Gasteiger partial charge in [-0.25, -0.2) is 4.79 Å². The summed E-state index contributed by atoms with van der Waals surface area (Å²) in [5, 5.41) is 71.5. The summed E-state index contributed by atoms with van der Waals surface area (Å²) in [7, 11) is 1.33. The van der Waals surface area contributed by atoms with Crippen LogP contribution in [0.4, 0.5) is 0 Å². The molecule has 0 bridgehead atoms. The second kappa shape index (κ2) is 11.9. The van der Waals surface area contributed by atoms with Crippen molar-refractivity contribution in [1.82, 2.24) is 0 Å². The molecule has 2 aliphatic rings. The number of methoxy groups -OCH3 is 1. The number of aliphatic hydroxyl groups is 5. The zero-order valence-electron chi connectivity index (χ0n) is 20.7. The number of hydrogen-bond acceptors (Lipinski definition) is 14. The summed E-state index contributed by atoms with van der Waals surface area (Å²) in [6.07, 6.45) is -10.9. The van der Waals surface area contributed by atoms with Crippen LogP contribution >= 0.6 is 0 Å². The summed E-state index contributed by atoms with van der Waals surface area (Å²) >= 11 is 0. The number of ether oxygens (including phenoxy) is 6. The lowest BCUT2D eigenvalue weighted by Gasteiger charge is -2.42. The van der Waals surface area contributed by atoms with Gasteiger partial charge in [-0.3, -0.25) is 0 Å². The third-order valence-corrected chi connectivity index (χ3v) is 6.38. The summed E-state index contributed by atoms with van der Waals surface area (Å²) < 4.78 is 32.5. The number of aliphatic hydroxyl groups excluding tert-OH is 4. The molecule has 2 aromatic carbocycles. The van der Waals surface area contributed by atoms with Crippen LogP contribution in [0.3, 0.4) is 0 Å². The molecule has 0 aliphatic carbocycles. The number of phenols is 2. The fourth-order valence-electron chi connectivity index (χ4n) is 4.08. The van der Waals surface area contributed by atoms with Crippen molar-refractivity contribution >= 4 is 5.97 Å². The van der Waals surface area contributed by atoms with Crippen LogP contribution in [-0.4, -0.2) is 117 Å². The second-order valence-electron chi connectivity index (χ2n) is 9.11. The zero-order chi connectivity index (χ0) is 28.3. The van der Waals surface area contributed by atoms with E-state index in [1.807, 2.05) is 0 Å². The van der Waals surface area contributed by atoms with Gasteiger partial charge in [-0.05, 0) is 36.4 Å². The van der Waals surface area contributed by atoms with Crippen LogP contribution in [0.5, 0.6) is 23.0 Å². The SMILES string of the molecule is COc1cc(O[C@@H]2O[C@H](CO)[C@@H](O)[C@H](O)[C@H]2O[C@@H]2OC[C@](O)(COC(=O)c3ccc(O)cc3)[C@H]2O)ccc1O. The van der Waals surface area contributed by atoms with Crippen LogP contribution in [0.1, 0.15) is 10.4 Å². The van der Waals surface area contributed by atoms with Gasteiger partial charge in [0.2, 0.25) is 6.29 Å². The Labute approximate surface area is 222 Å². The van der Waals surface area contributed by atoms with Crippen molar-refractivity contribution < 1.29 is 69.0 Å². The molecule has 2 aliphatic heterocycles. The quantitative estimate of drug-likeness (QED) is 0.178. The minimum absolute atomic E-state index is 0.0547. The Morgan fingerprint density at radius 1 is 1.05 bits per heavy atom. The molecule has 4 rings (SSSR count). The Kier molecular flexibility index (Phi) is 8.78. The molecule has 0 saturated carbocycles. The Balaban J connectivity index is 1.45. The van der Waals surface area contributed by atoms with Crippen molar-refractivity contribution in [3.63, 3.8) is 0 Å². The van der Waals surface area contributed by atoms with Crippen LogP contribution in [0.2, 0.25) is 0 Å². The molecule has 8 atom stereocenters. The van der Waals surface area contributed by atoms with Crippen molar-refractivity contribution in [1.29, 1.82) is 0 Å². The van der Waals surface area contributed by atoms with Gasteiger partial charge in [0.25, 0.3) is 0 Å². The van der Waals surface area contributed by atoms with Gasteiger partial charge in [0.15, 0.2) is 29.5 Å². The van der Waals surface area contributed by atoms with E-state index in [-0.39, 0.29) is 28.6 Å². The Bertz CT molecular complexity index is 1130. The smallest absolute Gasteiger partial charge is 0.338 e. The lowest BCUT2D eigenvalue weighted by molar-refractivity contribution is -0.318. The molecule has 0 unspecified atom stereocenters. The van der Waals surface area contributed by atoms with Crippen molar-refractivity contribution in [3.05, 3.63) is 48.0 Å². The van der Waals surface area contributed by atoms with Crippen LogP contribution in [0.25, 0.3) is 0 Å². The maximum absolute atomic E-state index is 12.3. The molecule has 14 heteroatoms. The van der Waals surface area contributed by atoms with Gasteiger partial charge >= 0.3 is 5.97 Å². The van der Waals surface area contributed by atoms with Crippen LogP contribution in [0, 0.1) is 0 Å². The summed E-state index contributed by atoms with van der Waals surface area (Å²) in [6, 6.07) is 9.16. The van der Waals surface area contributed by atoms with E-state index >= 15 is 0 Å². The fourth-order valence-corrected chi connectivity index (χ4v) is 4.08. The summed E-state index contributed by atoms with van der Waals surface area (Å²) in [5.74, 6) is -0.873. The van der Waals surface area contributed by atoms with Crippen molar-refractivity contribution in [2.24, 2.45) is 0 Å². The minimum Gasteiger partial charge on any atom is -0.508 e. The average molecular weight is 555 g/mol. The number of rotatable bonds is 9. The number of carbonyl (C=O) groups is 1. The van der Waals surface area contributed by atoms with E-state index in [4.69, 9.17) is 28.4 Å². The molecule has 0 aromatic heterocycles. The van der Waals surface area contributed by atoms with E-state index in [2.05, 4.69) is 0 Å². The molecule has 214 valence electrons. The molecular weight excluding hydrogens is 524 g/mol. The predicted octanol–water partition coefficient (Wildman–Crippen LogP) is -1.39. The minimum atomic E-state index is -2.09. The first kappa shape index (κ1) is 28.8. The van der Waals surface area contributed by atoms with E-state index in [1.54, 1.807) is 0 Å². The van der Waals surface area contributed by atoms with Crippen molar-refractivity contribution in [2.75, 3.05) is 26.9 Å². The van der Waals surface area contributed by atoms with E-state index in [1.165, 1.54) is 49.6 Å². The van der Waals surface area contributed by atoms with Gasteiger partial charge < -0.3 is 64.2 Å². The highest BCUT2D eigenvalue weighted by Gasteiger charge is 2.54. The van der Waals surface area contributed by atoms with Crippen LogP contribution < -0.4 is 9.47 Å². The van der Waals surface area contributed by atoms with Crippen LogP contribution in [-0.2, 0) is 18.9 Å². The highest BCUT2D eigenvalue weighted by atomic mass is 16.8. The Hall–Kier alpha value is -3.21. The zero-order valence-corrected chi connectivity index (χ0v) is 20.7. The monoisotopic (exact) mass is 554 g/mol. The summed E-state index contributed by atoms with van der Waals surface area (Å²) in [4.78, 5) is 12.3. The van der Waals surface area contributed by atoms with Crippen molar-refractivity contribution in [2.45, 2.75) is 48.7 Å². The Morgan fingerprint density at radius 3 is 2.44 bits per heavy atom. The third-order valence-electron chi connectivity index (χ3n) is 6.38. The van der Waals surface area contributed by atoms with Gasteiger partial charge in [-0.2, -0.15) is 0 Å². The number of phenolic OH excluding ortho intramolecular Hbond substituents is 2. The molecule has 0 radical (unpaired) electrons. The molecule has 2 heterocycles. The number of carbonyl (C=O) groups excluding carboxylic acids is 1. The van der Waals surface area contributed by atoms with E-state index < -0.39 is 74.5 Å².